The smallest absolute Gasteiger partial charge is 0.345 e. The van der Waals surface area contributed by atoms with Crippen LogP contribution in [0.25, 0.3) is 0 Å². The number of methoxy groups -OCH3 is 2. The Morgan fingerprint density at radius 3 is 2.65 bits per heavy atom. The molecule has 0 aromatic heterocycles. The van der Waals surface area contributed by atoms with Crippen LogP contribution in [0.1, 0.15) is 20.3 Å². The van der Waals surface area contributed by atoms with Gasteiger partial charge in [0.2, 0.25) is 0 Å². The molecule has 0 bridgehead atoms. The molecule has 0 fully saturated rings. The van der Waals surface area contributed by atoms with E-state index in [1.54, 1.807) is 19.1 Å². The SMILES string of the molecule is COCCN1C(=O)N=C(N)C1CC(C)(C)OC. The number of nitrogens with zero attached hydrogens (tertiary/aromatic N) is 2. The highest BCUT2D eigenvalue weighted by molar-refractivity contribution is 6.02. The van der Waals surface area contributed by atoms with E-state index in [0.29, 0.717) is 25.4 Å². The predicted octanol–water partition coefficient (Wildman–Crippen LogP) is 0.609. The van der Waals surface area contributed by atoms with Crippen LogP contribution in [0, 0.1) is 0 Å². The van der Waals surface area contributed by atoms with E-state index in [0.717, 1.165) is 0 Å². The van der Waals surface area contributed by atoms with Gasteiger partial charge in [-0.05, 0) is 13.8 Å². The molecule has 0 aromatic rings. The Morgan fingerprint density at radius 2 is 2.12 bits per heavy atom. The summed E-state index contributed by atoms with van der Waals surface area (Å²) in [5, 5.41) is 0. The summed E-state index contributed by atoms with van der Waals surface area (Å²) in [4.78, 5) is 17.1. The molecule has 1 aliphatic heterocycles. The Bertz CT molecular complexity index is 315. The van der Waals surface area contributed by atoms with Crippen LogP contribution in [-0.4, -0.2) is 55.8 Å². The van der Waals surface area contributed by atoms with E-state index < -0.39 is 0 Å². The maximum atomic E-state index is 11.6. The first kappa shape index (κ1) is 13.9. The molecule has 17 heavy (non-hydrogen) atoms. The number of carbonyl (C=O) groups excluding carboxylic acids is 1. The number of amides is 2. The van der Waals surface area contributed by atoms with E-state index in [1.165, 1.54) is 0 Å². The molecule has 1 atom stereocenters. The molecule has 98 valence electrons. The Hall–Kier alpha value is -1.14. The highest BCUT2D eigenvalue weighted by atomic mass is 16.5. The lowest BCUT2D eigenvalue weighted by Crippen LogP contribution is -2.46. The predicted molar refractivity (Wildman–Crippen MR) is 65.1 cm³/mol. The third kappa shape index (κ3) is 3.41. The molecule has 0 aromatic carbocycles. The molecule has 0 spiro atoms. The fraction of sp³-hybridized carbons (Fsp3) is 0.818. The third-order valence-corrected chi connectivity index (χ3v) is 2.96. The highest BCUT2D eigenvalue weighted by Gasteiger charge is 2.37. The molecule has 1 aliphatic rings. The summed E-state index contributed by atoms with van der Waals surface area (Å²) in [6.45, 7) is 4.87. The summed E-state index contributed by atoms with van der Waals surface area (Å²) in [6.07, 6.45) is 0.619. The van der Waals surface area contributed by atoms with Gasteiger partial charge in [-0.3, -0.25) is 0 Å². The van der Waals surface area contributed by atoms with Gasteiger partial charge in [0, 0.05) is 27.2 Å². The molecule has 1 rings (SSSR count). The lowest BCUT2D eigenvalue weighted by atomic mass is 9.97. The Morgan fingerprint density at radius 1 is 1.47 bits per heavy atom. The van der Waals surface area contributed by atoms with Gasteiger partial charge < -0.3 is 20.1 Å². The largest absolute Gasteiger partial charge is 0.385 e. The first-order valence-corrected chi connectivity index (χ1v) is 5.60. The maximum Gasteiger partial charge on any atom is 0.345 e. The van der Waals surface area contributed by atoms with Gasteiger partial charge in [-0.25, -0.2) is 4.79 Å². The number of hydrogen-bond donors (Lipinski definition) is 1. The number of urea groups is 1. The molecule has 0 radical (unpaired) electrons. The fourth-order valence-electron chi connectivity index (χ4n) is 1.75. The van der Waals surface area contributed by atoms with E-state index >= 15 is 0 Å². The molecular weight excluding hydrogens is 222 g/mol. The fourth-order valence-corrected chi connectivity index (χ4v) is 1.75. The molecule has 6 nitrogen and oxygen atoms in total. The average Bonchev–Trinajstić information content (AvgIpc) is 2.51. The van der Waals surface area contributed by atoms with Crippen LogP contribution in [0.15, 0.2) is 4.99 Å². The van der Waals surface area contributed by atoms with Gasteiger partial charge in [-0.2, -0.15) is 4.99 Å². The first-order chi connectivity index (χ1) is 7.91. The van der Waals surface area contributed by atoms with Crippen molar-refractivity contribution in [3.8, 4) is 0 Å². The summed E-state index contributed by atoms with van der Waals surface area (Å²) in [5.41, 5.74) is 5.44. The number of carbonyl (C=O) groups is 1. The van der Waals surface area contributed by atoms with Crippen molar-refractivity contribution in [1.82, 2.24) is 4.90 Å². The quantitative estimate of drug-likeness (QED) is 0.741. The molecule has 0 saturated carbocycles. The second-order valence-corrected chi connectivity index (χ2v) is 4.69. The normalized spacial score (nSPS) is 20.9. The van der Waals surface area contributed by atoms with Crippen LogP contribution in [0.4, 0.5) is 4.79 Å². The summed E-state index contributed by atoms with van der Waals surface area (Å²) >= 11 is 0. The van der Waals surface area contributed by atoms with Crippen molar-refractivity contribution in [1.29, 1.82) is 0 Å². The maximum absolute atomic E-state index is 11.6. The zero-order valence-electron chi connectivity index (χ0n) is 10.9. The molecule has 2 N–H and O–H groups in total. The zero-order valence-corrected chi connectivity index (χ0v) is 10.9. The highest BCUT2D eigenvalue weighted by Crippen LogP contribution is 2.23. The van der Waals surface area contributed by atoms with E-state index in [4.69, 9.17) is 15.2 Å². The first-order valence-electron chi connectivity index (χ1n) is 5.60. The van der Waals surface area contributed by atoms with E-state index in [2.05, 4.69) is 4.99 Å². The van der Waals surface area contributed by atoms with Crippen molar-refractivity contribution in [2.75, 3.05) is 27.4 Å². The van der Waals surface area contributed by atoms with Gasteiger partial charge in [0.05, 0.1) is 18.2 Å². The van der Waals surface area contributed by atoms with Crippen molar-refractivity contribution in [2.24, 2.45) is 10.7 Å². The van der Waals surface area contributed by atoms with Crippen molar-refractivity contribution in [2.45, 2.75) is 31.9 Å². The number of hydrogen-bond acceptors (Lipinski definition) is 4. The average molecular weight is 243 g/mol. The van der Waals surface area contributed by atoms with Crippen LogP contribution in [0.2, 0.25) is 0 Å². The van der Waals surface area contributed by atoms with Crippen molar-refractivity contribution < 1.29 is 14.3 Å². The Balaban J connectivity index is 2.72. The van der Waals surface area contributed by atoms with Gasteiger partial charge in [0.25, 0.3) is 0 Å². The molecule has 1 heterocycles. The Kier molecular flexibility index (Phi) is 4.47. The van der Waals surface area contributed by atoms with Crippen molar-refractivity contribution in [3.63, 3.8) is 0 Å². The van der Waals surface area contributed by atoms with Crippen LogP contribution >= 0.6 is 0 Å². The Labute approximate surface area is 102 Å². The molecule has 0 aliphatic carbocycles. The van der Waals surface area contributed by atoms with Crippen LogP contribution in [-0.2, 0) is 9.47 Å². The number of nitrogens with two attached hydrogens (primary N) is 1. The summed E-state index contributed by atoms with van der Waals surface area (Å²) < 4.78 is 10.3. The topological polar surface area (TPSA) is 77.2 Å². The molecule has 2 amide bonds. The van der Waals surface area contributed by atoms with E-state index in [-0.39, 0.29) is 17.7 Å². The third-order valence-electron chi connectivity index (χ3n) is 2.96. The number of ether oxygens (including phenoxy) is 2. The lowest BCUT2D eigenvalue weighted by molar-refractivity contribution is 0.00401. The molecular formula is C11H21N3O3. The summed E-state index contributed by atoms with van der Waals surface area (Å²) in [5.74, 6) is 0.358. The zero-order chi connectivity index (χ0) is 13.1. The van der Waals surface area contributed by atoms with E-state index in [1.807, 2.05) is 13.8 Å². The number of rotatable bonds is 6. The summed E-state index contributed by atoms with van der Waals surface area (Å²) in [7, 11) is 3.24. The lowest BCUT2D eigenvalue weighted by Gasteiger charge is -2.31. The molecule has 6 heteroatoms. The van der Waals surface area contributed by atoms with E-state index in [9.17, 15) is 4.79 Å². The van der Waals surface area contributed by atoms with Gasteiger partial charge in [0.15, 0.2) is 0 Å². The van der Waals surface area contributed by atoms with Gasteiger partial charge in [-0.15, -0.1) is 0 Å². The van der Waals surface area contributed by atoms with Gasteiger partial charge in [0.1, 0.15) is 5.84 Å². The minimum absolute atomic E-state index is 0.201. The second-order valence-electron chi connectivity index (χ2n) is 4.69. The second kappa shape index (κ2) is 5.46. The van der Waals surface area contributed by atoms with Crippen LogP contribution < -0.4 is 5.73 Å². The van der Waals surface area contributed by atoms with Gasteiger partial charge in [-0.1, -0.05) is 0 Å². The molecule has 0 saturated heterocycles. The van der Waals surface area contributed by atoms with Gasteiger partial charge >= 0.3 is 6.03 Å². The van der Waals surface area contributed by atoms with Crippen molar-refractivity contribution >= 4 is 11.9 Å². The minimum Gasteiger partial charge on any atom is -0.385 e. The molecule has 1 unspecified atom stereocenters. The minimum atomic E-state index is -0.346. The monoisotopic (exact) mass is 243 g/mol. The number of aliphatic imine (C=N–C) groups is 1. The van der Waals surface area contributed by atoms with Crippen LogP contribution in [0.5, 0.6) is 0 Å². The summed E-state index contributed by atoms with van der Waals surface area (Å²) in [6, 6.07) is -0.496. The standard InChI is InChI=1S/C11H21N3O3/c1-11(2,17-4)7-8-9(12)13-10(15)14(8)5-6-16-3/h8H,5-7H2,1-4H3,(H2,12,13,15). The number of amidine groups is 1. The van der Waals surface area contributed by atoms with Crippen LogP contribution in [0.3, 0.4) is 0 Å². The van der Waals surface area contributed by atoms with Crippen molar-refractivity contribution in [3.05, 3.63) is 0 Å².